The number of carbonyl (C=O) groups is 1. The van der Waals surface area contributed by atoms with Gasteiger partial charge in [-0.05, 0) is 73.7 Å². The van der Waals surface area contributed by atoms with Crippen LogP contribution in [0.4, 0.5) is 0 Å². The highest BCUT2D eigenvalue weighted by molar-refractivity contribution is 6.08. The quantitative estimate of drug-likeness (QED) is 0.336. The van der Waals surface area contributed by atoms with Crippen LogP contribution in [0.1, 0.15) is 40.9 Å². The molecule has 0 atom stereocenters. The number of rotatable bonds is 4. The first-order valence-corrected chi connectivity index (χ1v) is 10.3. The highest BCUT2D eigenvalue weighted by Crippen LogP contribution is 2.42. The summed E-state index contributed by atoms with van der Waals surface area (Å²) in [7, 11) is 0. The molecule has 2 aliphatic rings. The van der Waals surface area contributed by atoms with E-state index in [4.69, 9.17) is 14.6 Å². The van der Waals surface area contributed by atoms with Crippen molar-refractivity contribution in [3.05, 3.63) is 76.1 Å². The molecule has 0 saturated heterocycles. The fourth-order valence-electron chi connectivity index (χ4n) is 4.00. The molecule has 152 valence electrons. The normalized spacial score (nSPS) is 11.2. The van der Waals surface area contributed by atoms with E-state index in [1.165, 1.54) is 11.1 Å². The number of esters is 1. The van der Waals surface area contributed by atoms with Crippen molar-refractivity contribution in [2.45, 2.75) is 34.1 Å². The third-order valence-electron chi connectivity index (χ3n) is 5.60. The summed E-state index contributed by atoms with van der Waals surface area (Å²) in [6.07, 6.45) is 0.904. The maximum absolute atomic E-state index is 12.7. The van der Waals surface area contributed by atoms with Crippen LogP contribution in [0, 0.1) is 19.3 Å². The average Bonchev–Trinajstić information content (AvgIpc) is 2.73. The van der Waals surface area contributed by atoms with Crippen LogP contribution in [-0.4, -0.2) is 12.6 Å². The Morgan fingerprint density at radius 3 is 2.50 bits per heavy atom. The number of hydrogen-bond acceptors (Lipinski definition) is 4. The van der Waals surface area contributed by atoms with Crippen LogP contribution >= 0.6 is 0 Å². The molecule has 0 unspecified atom stereocenters. The molecule has 0 saturated carbocycles. The van der Waals surface area contributed by atoms with E-state index >= 15 is 0 Å². The monoisotopic (exact) mass is 399 g/mol. The lowest BCUT2D eigenvalue weighted by atomic mass is 9.88. The van der Waals surface area contributed by atoms with E-state index in [1.54, 1.807) is 12.1 Å². The minimum atomic E-state index is -0.342. The topological polar surface area (TPSA) is 63.3 Å². The number of aryl methyl sites for hydroxylation is 3. The first kappa shape index (κ1) is 19.9. The van der Waals surface area contributed by atoms with Gasteiger partial charge in [0.1, 0.15) is 11.3 Å². The largest absolute Gasteiger partial charge is 0.462 e. The molecular weight excluding hydrogens is 374 g/mol. The minimum Gasteiger partial charge on any atom is -0.462 e. The van der Waals surface area contributed by atoms with Gasteiger partial charge in [0.05, 0.1) is 17.5 Å². The van der Waals surface area contributed by atoms with Crippen molar-refractivity contribution in [1.29, 1.82) is 5.41 Å². The Balaban J connectivity index is 2.18. The van der Waals surface area contributed by atoms with E-state index in [1.807, 2.05) is 38.1 Å². The van der Waals surface area contributed by atoms with Gasteiger partial charge in [-0.3, -0.25) is 0 Å². The second kappa shape index (κ2) is 7.79. The Morgan fingerprint density at radius 2 is 1.77 bits per heavy atom. The molecule has 2 aromatic carbocycles. The van der Waals surface area contributed by atoms with Gasteiger partial charge in [-0.2, -0.15) is 0 Å². The lowest BCUT2D eigenvalue weighted by molar-refractivity contribution is 0.0527. The van der Waals surface area contributed by atoms with Crippen LogP contribution in [0.3, 0.4) is 0 Å². The SMILES string of the molecule is CCOC(=O)c1ccccc1-c1c2cc(C)c(=N)cc-2oc2cc(CC)c(C)cc12. The van der Waals surface area contributed by atoms with Gasteiger partial charge < -0.3 is 14.6 Å². The summed E-state index contributed by atoms with van der Waals surface area (Å²) in [6, 6.07) is 15.5. The number of benzene rings is 3. The molecule has 4 rings (SSSR count). The molecule has 30 heavy (non-hydrogen) atoms. The number of ether oxygens (including phenoxy) is 1. The lowest BCUT2D eigenvalue weighted by Gasteiger charge is -2.19. The molecule has 1 aliphatic carbocycles. The zero-order valence-electron chi connectivity index (χ0n) is 17.8. The molecule has 4 nitrogen and oxygen atoms in total. The van der Waals surface area contributed by atoms with Crippen molar-refractivity contribution >= 4 is 16.9 Å². The van der Waals surface area contributed by atoms with Crippen LogP contribution in [0.2, 0.25) is 0 Å². The van der Waals surface area contributed by atoms with Crippen LogP contribution in [0.15, 0.2) is 52.9 Å². The van der Waals surface area contributed by atoms with Crippen molar-refractivity contribution in [1.82, 2.24) is 0 Å². The molecule has 1 heterocycles. The Labute approximate surface area is 176 Å². The highest BCUT2D eigenvalue weighted by atomic mass is 16.5. The molecule has 1 N–H and O–H groups in total. The van der Waals surface area contributed by atoms with Crippen molar-refractivity contribution in [2.24, 2.45) is 0 Å². The summed E-state index contributed by atoms with van der Waals surface area (Å²) >= 11 is 0. The average molecular weight is 399 g/mol. The Bertz CT molecular complexity index is 1300. The maximum atomic E-state index is 12.7. The number of carbonyl (C=O) groups excluding carboxylic acids is 1. The third kappa shape index (κ3) is 3.28. The van der Waals surface area contributed by atoms with E-state index < -0.39 is 0 Å². The molecule has 4 heteroatoms. The maximum Gasteiger partial charge on any atom is 0.338 e. The molecule has 0 spiro atoms. The minimum absolute atomic E-state index is 0.319. The van der Waals surface area contributed by atoms with Gasteiger partial charge in [-0.15, -0.1) is 0 Å². The molecule has 0 bridgehead atoms. The van der Waals surface area contributed by atoms with Gasteiger partial charge in [0.2, 0.25) is 0 Å². The van der Waals surface area contributed by atoms with Gasteiger partial charge in [0, 0.05) is 22.6 Å². The lowest BCUT2D eigenvalue weighted by Crippen LogP contribution is -2.09. The van der Waals surface area contributed by atoms with Crippen molar-refractivity contribution in [3.8, 4) is 22.5 Å². The van der Waals surface area contributed by atoms with E-state index in [9.17, 15) is 4.79 Å². The first-order valence-electron chi connectivity index (χ1n) is 10.3. The summed E-state index contributed by atoms with van der Waals surface area (Å²) < 4.78 is 11.6. The number of nitrogens with one attached hydrogen (secondary N) is 1. The summed E-state index contributed by atoms with van der Waals surface area (Å²) in [5.74, 6) is 0.295. The van der Waals surface area contributed by atoms with Crippen LogP contribution in [0.5, 0.6) is 0 Å². The van der Waals surface area contributed by atoms with Crippen LogP contribution in [-0.2, 0) is 11.2 Å². The highest BCUT2D eigenvalue weighted by Gasteiger charge is 2.23. The summed E-state index contributed by atoms with van der Waals surface area (Å²) in [5, 5.41) is 9.61. The molecule has 0 amide bonds. The van der Waals surface area contributed by atoms with E-state index in [2.05, 4.69) is 26.0 Å². The Hall–Kier alpha value is -3.40. The molecule has 1 aliphatic heterocycles. The smallest absolute Gasteiger partial charge is 0.338 e. The molecule has 0 radical (unpaired) electrons. The van der Waals surface area contributed by atoms with Crippen LogP contribution < -0.4 is 5.36 Å². The van der Waals surface area contributed by atoms with E-state index in [0.29, 0.717) is 23.3 Å². The zero-order valence-corrected chi connectivity index (χ0v) is 17.8. The van der Waals surface area contributed by atoms with Crippen LogP contribution in [0.25, 0.3) is 33.4 Å². The third-order valence-corrected chi connectivity index (χ3v) is 5.60. The number of hydrogen-bond donors (Lipinski definition) is 1. The first-order chi connectivity index (χ1) is 14.4. The summed E-state index contributed by atoms with van der Waals surface area (Å²) in [6.45, 7) is 8.26. The van der Waals surface area contributed by atoms with Gasteiger partial charge in [-0.1, -0.05) is 25.1 Å². The summed E-state index contributed by atoms with van der Waals surface area (Å²) in [4.78, 5) is 12.7. The summed E-state index contributed by atoms with van der Waals surface area (Å²) in [5.41, 5.74) is 7.16. The van der Waals surface area contributed by atoms with E-state index in [0.717, 1.165) is 39.6 Å². The fraction of sp³-hybridized carbons (Fsp3) is 0.231. The molecular formula is C26H25NO3. The van der Waals surface area contributed by atoms with Crippen molar-refractivity contribution < 1.29 is 13.9 Å². The predicted molar refractivity (Wildman–Crippen MR) is 119 cm³/mol. The van der Waals surface area contributed by atoms with Gasteiger partial charge in [0.25, 0.3) is 0 Å². The van der Waals surface area contributed by atoms with Gasteiger partial charge in [-0.25, -0.2) is 4.79 Å². The van der Waals surface area contributed by atoms with Gasteiger partial charge >= 0.3 is 5.97 Å². The Morgan fingerprint density at radius 1 is 1.00 bits per heavy atom. The Kier molecular flexibility index (Phi) is 5.17. The fourth-order valence-corrected chi connectivity index (χ4v) is 4.00. The molecule has 0 aromatic heterocycles. The van der Waals surface area contributed by atoms with Crippen molar-refractivity contribution in [3.63, 3.8) is 0 Å². The predicted octanol–water partition coefficient (Wildman–Crippen LogP) is 6.04. The van der Waals surface area contributed by atoms with Gasteiger partial charge in [0.15, 0.2) is 0 Å². The van der Waals surface area contributed by atoms with E-state index in [-0.39, 0.29) is 5.97 Å². The second-order valence-corrected chi connectivity index (χ2v) is 7.53. The standard InChI is InChI=1S/C26H25NO3/c1-5-17-13-23-20(11-15(17)3)25(21-12-16(4)22(27)14-24(21)30-23)18-9-7-8-10-19(18)26(28)29-6-2/h7-14,27H,5-6H2,1-4H3. The molecule has 2 aromatic rings. The zero-order chi connectivity index (χ0) is 21.4. The second-order valence-electron chi connectivity index (χ2n) is 7.53. The molecule has 0 fully saturated rings. The van der Waals surface area contributed by atoms with Crippen molar-refractivity contribution in [2.75, 3.05) is 6.61 Å². The number of fused-ring (bicyclic) bond motifs is 2.